The Balaban J connectivity index is 1.29. The van der Waals surface area contributed by atoms with E-state index in [-0.39, 0.29) is 17.5 Å². The predicted octanol–water partition coefficient (Wildman–Crippen LogP) is 5.86. The summed E-state index contributed by atoms with van der Waals surface area (Å²) in [5, 5.41) is 0. The summed E-state index contributed by atoms with van der Waals surface area (Å²) in [6.07, 6.45) is 4.50. The van der Waals surface area contributed by atoms with Crippen LogP contribution >= 0.6 is 0 Å². The standard InChI is InChI=1S/C31H32N4O4/c1-30(2,3)39-29(37)35-16-8-13-24-23(19-35)26(36)34-28(33-24)31(14-15-31)22-12-7-11-21(17-22)25-18-32-27(38-25)20-9-5-4-6-10-20/h4-7,9-12,17-18H,8,13-16,19H2,1-3H3,(H,33,34,36). The average molecular weight is 525 g/mol. The Labute approximate surface area is 227 Å². The monoisotopic (exact) mass is 524 g/mol. The van der Waals surface area contributed by atoms with Gasteiger partial charge in [-0.1, -0.05) is 36.4 Å². The molecule has 3 heterocycles. The molecule has 2 aromatic heterocycles. The van der Waals surface area contributed by atoms with Gasteiger partial charge in [-0.3, -0.25) is 4.79 Å². The van der Waals surface area contributed by atoms with Crippen molar-refractivity contribution in [3.63, 3.8) is 0 Å². The zero-order valence-electron chi connectivity index (χ0n) is 22.5. The van der Waals surface area contributed by atoms with E-state index in [2.05, 4.69) is 22.1 Å². The Hall–Kier alpha value is -4.20. The molecule has 0 radical (unpaired) electrons. The summed E-state index contributed by atoms with van der Waals surface area (Å²) in [6, 6.07) is 18.0. The number of carbonyl (C=O) groups is 1. The van der Waals surface area contributed by atoms with Gasteiger partial charge in [-0.05, 0) is 70.2 Å². The number of aryl methyl sites for hydroxylation is 1. The van der Waals surface area contributed by atoms with Gasteiger partial charge in [0.05, 0.1) is 29.4 Å². The highest BCUT2D eigenvalue weighted by molar-refractivity contribution is 5.68. The lowest BCUT2D eigenvalue weighted by Crippen LogP contribution is -2.37. The van der Waals surface area contributed by atoms with Gasteiger partial charge in [-0.25, -0.2) is 14.8 Å². The Morgan fingerprint density at radius 2 is 1.85 bits per heavy atom. The SMILES string of the molecule is CC(C)(C)OC(=O)N1CCCc2nc(C3(c4cccc(-c5cnc(-c6ccccc6)o5)c4)CC3)[nH]c(=O)c2C1. The molecule has 8 nitrogen and oxygen atoms in total. The highest BCUT2D eigenvalue weighted by Crippen LogP contribution is 2.52. The molecule has 1 N–H and O–H groups in total. The molecule has 2 aliphatic rings. The molecule has 6 rings (SSSR count). The molecule has 200 valence electrons. The number of carbonyl (C=O) groups excluding carboxylic acids is 1. The summed E-state index contributed by atoms with van der Waals surface area (Å²) in [5.74, 6) is 1.96. The van der Waals surface area contributed by atoms with Crippen LogP contribution in [0, 0.1) is 0 Å². The molecule has 0 saturated heterocycles. The smallest absolute Gasteiger partial charge is 0.410 e. The molecule has 0 spiro atoms. The molecule has 1 saturated carbocycles. The number of fused-ring (bicyclic) bond motifs is 1. The molecular formula is C31H32N4O4. The minimum Gasteiger partial charge on any atom is -0.444 e. The fourth-order valence-electron chi connectivity index (χ4n) is 5.21. The summed E-state index contributed by atoms with van der Waals surface area (Å²) in [7, 11) is 0. The number of amides is 1. The fourth-order valence-corrected chi connectivity index (χ4v) is 5.21. The van der Waals surface area contributed by atoms with E-state index in [1.807, 2.05) is 63.2 Å². The zero-order chi connectivity index (χ0) is 27.2. The largest absolute Gasteiger partial charge is 0.444 e. The number of nitrogens with zero attached hydrogens (tertiary/aromatic N) is 3. The van der Waals surface area contributed by atoms with E-state index >= 15 is 0 Å². The summed E-state index contributed by atoms with van der Waals surface area (Å²) < 4.78 is 11.6. The van der Waals surface area contributed by atoms with Crippen molar-refractivity contribution >= 4 is 6.09 Å². The van der Waals surface area contributed by atoms with Gasteiger partial charge in [0.2, 0.25) is 5.89 Å². The quantitative estimate of drug-likeness (QED) is 0.359. The van der Waals surface area contributed by atoms with Gasteiger partial charge in [-0.2, -0.15) is 0 Å². The average Bonchev–Trinajstić information content (AvgIpc) is 3.63. The summed E-state index contributed by atoms with van der Waals surface area (Å²) in [5.41, 5.74) is 3.13. The maximum atomic E-state index is 13.3. The number of benzene rings is 2. The summed E-state index contributed by atoms with van der Waals surface area (Å²) in [6.45, 7) is 6.24. The number of H-pyrrole nitrogens is 1. The van der Waals surface area contributed by atoms with E-state index in [9.17, 15) is 9.59 Å². The van der Waals surface area contributed by atoms with Crippen LogP contribution < -0.4 is 5.56 Å². The first-order chi connectivity index (χ1) is 18.7. The van der Waals surface area contributed by atoms with Crippen molar-refractivity contribution in [1.29, 1.82) is 0 Å². The van der Waals surface area contributed by atoms with Crippen molar-refractivity contribution in [3.8, 4) is 22.8 Å². The Kier molecular flexibility index (Phi) is 6.13. The van der Waals surface area contributed by atoms with Crippen molar-refractivity contribution in [2.45, 2.75) is 64.0 Å². The lowest BCUT2D eigenvalue weighted by atomic mass is 9.92. The van der Waals surface area contributed by atoms with Gasteiger partial charge >= 0.3 is 6.09 Å². The molecule has 1 aliphatic heterocycles. The van der Waals surface area contributed by atoms with E-state index in [0.29, 0.717) is 36.0 Å². The van der Waals surface area contributed by atoms with Gasteiger partial charge in [0.25, 0.3) is 5.56 Å². The van der Waals surface area contributed by atoms with Gasteiger partial charge in [-0.15, -0.1) is 0 Å². The normalized spacial score (nSPS) is 16.3. The van der Waals surface area contributed by atoms with Crippen molar-refractivity contribution in [3.05, 3.63) is 93.8 Å². The second kappa shape index (κ2) is 9.52. The van der Waals surface area contributed by atoms with Crippen LogP contribution in [0.3, 0.4) is 0 Å². The van der Waals surface area contributed by atoms with Crippen LogP contribution in [-0.4, -0.2) is 38.1 Å². The number of hydrogen-bond donors (Lipinski definition) is 1. The number of hydrogen-bond acceptors (Lipinski definition) is 6. The van der Waals surface area contributed by atoms with Crippen LogP contribution in [0.5, 0.6) is 0 Å². The van der Waals surface area contributed by atoms with Crippen LogP contribution in [0.1, 0.15) is 62.7 Å². The summed E-state index contributed by atoms with van der Waals surface area (Å²) in [4.78, 5) is 40.2. The Bertz CT molecular complexity index is 1580. The highest BCUT2D eigenvalue weighted by Gasteiger charge is 2.49. The number of rotatable bonds is 4. The second-order valence-corrected chi connectivity index (χ2v) is 11.4. The molecule has 0 bridgehead atoms. The van der Waals surface area contributed by atoms with Crippen molar-refractivity contribution in [2.75, 3.05) is 6.54 Å². The van der Waals surface area contributed by atoms with E-state index in [1.165, 1.54) is 0 Å². The maximum absolute atomic E-state index is 13.3. The van der Waals surface area contributed by atoms with Crippen molar-refractivity contribution in [2.24, 2.45) is 0 Å². The molecule has 0 atom stereocenters. The number of aromatic nitrogens is 3. The second-order valence-electron chi connectivity index (χ2n) is 11.4. The van der Waals surface area contributed by atoms with Crippen LogP contribution in [-0.2, 0) is 23.1 Å². The summed E-state index contributed by atoms with van der Waals surface area (Å²) >= 11 is 0. The van der Waals surface area contributed by atoms with E-state index in [0.717, 1.165) is 41.6 Å². The molecule has 2 aromatic carbocycles. The first-order valence-electron chi connectivity index (χ1n) is 13.4. The molecule has 4 aromatic rings. The van der Waals surface area contributed by atoms with Gasteiger partial charge < -0.3 is 19.0 Å². The van der Waals surface area contributed by atoms with Crippen LogP contribution in [0.4, 0.5) is 4.79 Å². The molecule has 39 heavy (non-hydrogen) atoms. The number of oxazole rings is 1. The lowest BCUT2D eigenvalue weighted by molar-refractivity contribution is 0.0236. The molecule has 0 unspecified atom stereocenters. The van der Waals surface area contributed by atoms with Crippen molar-refractivity contribution in [1.82, 2.24) is 19.9 Å². The third kappa shape index (κ3) is 4.99. The molecular weight excluding hydrogens is 492 g/mol. The molecule has 1 aliphatic carbocycles. The van der Waals surface area contributed by atoms with Crippen LogP contribution in [0.2, 0.25) is 0 Å². The fraction of sp³-hybridized carbons (Fsp3) is 0.355. The first kappa shape index (κ1) is 25.1. The van der Waals surface area contributed by atoms with Gasteiger partial charge in [0.1, 0.15) is 11.4 Å². The van der Waals surface area contributed by atoms with E-state index < -0.39 is 11.7 Å². The first-order valence-corrected chi connectivity index (χ1v) is 13.4. The van der Waals surface area contributed by atoms with Crippen molar-refractivity contribution < 1.29 is 13.9 Å². The highest BCUT2D eigenvalue weighted by atomic mass is 16.6. The molecule has 8 heteroatoms. The van der Waals surface area contributed by atoms with Crippen LogP contribution in [0.25, 0.3) is 22.8 Å². The molecule has 1 fully saturated rings. The lowest BCUT2D eigenvalue weighted by Gasteiger charge is -2.26. The molecule has 1 amide bonds. The van der Waals surface area contributed by atoms with Gasteiger partial charge in [0.15, 0.2) is 5.76 Å². The Morgan fingerprint density at radius 3 is 2.59 bits per heavy atom. The minimum absolute atomic E-state index is 0.185. The third-order valence-corrected chi connectivity index (χ3v) is 7.37. The number of aromatic amines is 1. The Morgan fingerprint density at radius 1 is 1.08 bits per heavy atom. The van der Waals surface area contributed by atoms with E-state index in [1.54, 1.807) is 11.1 Å². The third-order valence-electron chi connectivity index (χ3n) is 7.37. The van der Waals surface area contributed by atoms with Gasteiger partial charge in [0, 0.05) is 17.7 Å². The zero-order valence-corrected chi connectivity index (χ0v) is 22.5. The van der Waals surface area contributed by atoms with Crippen LogP contribution in [0.15, 0.2) is 70.0 Å². The number of nitrogens with one attached hydrogen (secondary N) is 1. The minimum atomic E-state index is -0.595. The predicted molar refractivity (Wildman–Crippen MR) is 147 cm³/mol. The topological polar surface area (TPSA) is 101 Å². The number of ether oxygens (including phenoxy) is 1. The maximum Gasteiger partial charge on any atom is 0.410 e. The van der Waals surface area contributed by atoms with E-state index in [4.69, 9.17) is 14.1 Å².